The quantitative estimate of drug-likeness (QED) is 0.435. The zero-order chi connectivity index (χ0) is 16.0. The fraction of sp³-hybridized carbons (Fsp3) is 0.706. The molecular weight excluding hydrogens is 377 g/mol. The summed E-state index contributed by atoms with van der Waals surface area (Å²) in [6.07, 6.45) is 1.73. The van der Waals surface area contributed by atoms with Gasteiger partial charge in [0.25, 0.3) is 0 Å². The molecule has 1 N–H and O–H groups in total. The van der Waals surface area contributed by atoms with Crippen LogP contribution in [0.3, 0.4) is 0 Å². The Hall–Kier alpha value is -0.520. The van der Waals surface area contributed by atoms with Crippen molar-refractivity contribution in [2.75, 3.05) is 4.43 Å². The van der Waals surface area contributed by atoms with Crippen molar-refractivity contribution in [2.45, 2.75) is 53.6 Å². The number of amides is 1. The molecule has 0 saturated heterocycles. The van der Waals surface area contributed by atoms with Crippen LogP contribution in [0.15, 0.2) is 22.6 Å². The molecule has 2 aliphatic rings. The second kappa shape index (κ2) is 5.60. The summed E-state index contributed by atoms with van der Waals surface area (Å²) >= 11 is 2.40. The van der Waals surface area contributed by atoms with Gasteiger partial charge in [-0.3, -0.25) is 4.79 Å². The number of halogens is 1. The van der Waals surface area contributed by atoms with E-state index in [1.807, 2.05) is 0 Å². The summed E-state index contributed by atoms with van der Waals surface area (Å²) in [5, 5.41) is 2.96. The lowest BCUT2D eigenvalue weighted by Crippen LogP contribution is -2.41. The summed E-state index contributed by atoms with van der Waals surface area (Å²) in [5.74, 6) is 1.82. The lowest BCUT2D eigenvalue weighted by Gasteiger charge is -2.45. The third kappa shape index (κ3) is 2.43. The standard InChI is InChI=1S/C17H26INO2/c1-10(2)17(6)12(4)14(19-9-20)11(3)13-7-16(5,8-18)21-15(13)17/h9-10,12H,7-8H2,1-6H3,(H,19,20). The number of hydrogen-bond donors (Lipinski definition) is 1. The van der Waals surface area contributed by atoms with E-state index in [1.165, 1.54) is 11.1 Å². The van der Waals surface area contributed by atoms with Gasteiger partial charge in [-0.2, -0.15) is 0 Å². The van der Waals surface area contributed by atoms with Crippen molar-refractivity contribution in [1.82, 2.24) is 5.32 Å². The minimum atomic E-state index is -0.126. The van der Waals surface area contributed by atoms with Gasteiger partial charge in [0.15, 0.2) is 0 Å². The highest BCUT2D eigenvalue weighted by Crippen LogP contribution is 2.57. The largest absolute Gasteiger partial charge is 0.490 e. The van der Waals surface area contributed by atoms with E-state index in [1.54, 1.807) is 0 Å². The Morgan fingerprint density at radius 2 is 2.10 bits per heavy atom. The molecule has 1 aliphatic carbocycles. The predicted molar refractivity (Wildman–Crippen MR) is 94.0 cm³/mol. The Morgan fingerprint density at radius 3 is 2.57 bits per heavy atom. The van der Waals surface area contributed by atoms with Crippen LogP contribution in [0.25, 0.3) is 0 Å². The molecule has 0 aromatic heterocycles. The van der Waals surface area contributed by atoms with Crippen molar-refractivity contribution in [2.24, 2.45) is 17.3 Å². The highest BCUT2D eigenvalue weighted by Gasteiger charge is 2.52. The van der Waals surface area contributed by atoms with Crippen LogP contribution < -0.4 is 5.32 Å². The number of carbonyl (C=O) groups excluding carboxylic acids is 1. The lowest BCUT2D eigenvalue weighted by molar-refractivity contribution is -0.109. The monoisotopic (exact) mass is 403 g/mol. The number of nitrogens with one attached hydrogen (secondary N) is 1. The van der Waals surface area contributed by atoms with Crippen LogP contribution in [0.1, 0.15) is 48.0 Å². The predicted octanol–water partition coefficient (Wildman–Crippen LogP) is 4.19. The van der Waals surface area contributed by atoms with Gasteiger partial charge in [0.05, 0.1) is 0 Å². The van der Waals surface area contributed by atoms with Crippen molar-refractivity contribution in [1.29, 1.82) is 0 Å². The molecule has 1 amide bonds. The van der Waals surface area contributed by atoms with Gasteiger partial charge < -0.3 is 10.1 Å². The normalized spacial score (nSPS) is 35.9. The number of ether oxygens (including phenoxy) is 1. The van der Waals surface area contributed by atoms with Crippen LogP contribution in [0.5, 0.6) is 0 Å². The van der Waals surface area contributed by atoms with Gasteiger partial charge in [0, 0.05) is 27.9 Å². The maximum absolute atomic E-state index is 11.0. The molecule has 0 radical (unpaired) electrons. The third-order valence-corrected chi connectivity index (χ3v) is 7.16. The molecule has 118 valence electrons. The minimum Gasteiger partial charge on any atom is -0.490 e. The molecule has 21 heavy (non-hydrogen) atoms. The first kappa shape index (κ1) is 16.8. The average Bonchev–Trinajstić information content (AvgIpc) is 2.80. The van der Waals surface area contributed by atoms with Gasteiger partial charge >= 0.3 is 0 Å². The summed E-state index contributed by atoms with van der Waals surface area (Å²) in [6, 6.07) is 0. The van der Waals surface area contributed by atoms with Gasteiger partial charge in [-0.05, 0) is 30.9 Å². The molecule has 0 bridgehead atoms. The Balaban J connectivity index is 2.60. The van der Waals surface area contributed by atoms with Crippen molar-refractivity contribution < 1.29 is 9.53 Å². The van der Waals surface area contributed by atoms with Crippen LogP contribution in [-0.2, 0) is 9.53 Å². The smallest absolute Gasteiger partial charge is 0.211 e. The maximum atomic E-state index is 11.0. The zero-order valence-corrected chi connectivity index (χ0v) is 16.0. The topological polar surface area (TPSA) is 38.3 Å². The van der Waals surface area contributed by atoms with Gasteiger partial charge in [0.1, 0.15) is 11.4 Å². The molecule has 0 fully saturated rings. The number of alkyl halides is 1. The van der Waals surface area contributed by atoms with Gasteiger partial charge in [-0.15, -0.1) is 0 Å². The fourth-order valence-electron chi connectivity index (χ4n) is 3.65. The van der Waals surface area contributed by atoms with Crippen LogP contribution in [0.4, 0.5) is 0 Å². The van der Waals surface area contributed by atoms with E-state index in [0.29, 0.717) is 5.92 Å². The summed E-state index contributed by atoms with van der Waals surface area (Å²) in [5.41, 5.74) is 3.34. The molecule has 4 heteroatoms. The zero-order valence-electron chi connectivity index (χ0n) is 13.8. The van der Waals surface area contributed by atoms with E-state index in [-0.39, 0.29) is 16.9 Å². The molecule has 3 atom stereocenters. The summed E-state index contributed by atoms with van der Waals surface area (Å²) in [6.45, 7) is 13.2. The van der Waals surface area contributed by atoms with Crippen molar-refractivity contribution in [3.63, 3.8) is 0 Å². The fourth-order valence-corrected chi connectivity index (χ4v) is 4.08. The van der Waals surface area contributed by atoms with Gasteiger partial charge in [-0.1, -0.05) is 50.3 Å². The van der Waals surface area contributed by atoms with Crippen molar-refractivity contribution in [3.8, 4) is 0 Å². The van der Waals surface area contributed by atoms with Gasteiger partial charge in [-0.25, -0.2) is 0 Å². The molecular formula is C17H26INO2. The molecule has 0 aromatic carbocycles. The van der Waals surface area contributed by atoms with Crippen molar-refractivity contribution >= 4 is 29.0 Å². The Bertz CT molecular complexity index is 523. The second-order valence-corrected chi connectivity index (χ2v) is 7.89. The molecule has 0 spiro atoms. The number of hydrogen-bond acceptors (Lipinski definition) is 2. The molecule has 0 saturated carbocycles. The van der Waals surface area contributed by atoms with Crippen LogP contribution in [-0.4, -0.2) is 16.4 Å². The molecule has 3 nitrogen and oxygen atoms in total. The maximum Gasteiger partial charge on any atom is 0.211 e. The number of rotatable bonds is 4. The third-order valence-electron chi connectivity index (χ3n) is 5.55. The SMILES string of the molecule is CC1=C(NC=O)C(C)C(C)(C(C)C)C2=C1CC(C)(CI)O2. The molecule has 2 rings (SSSR count). The first-order valence-corrected chi connectivity index (χ1v) is 9.13. The molecule has 0 aromatic rings. The summed E-state index contributed by atoms with van der Waals surface area (Å²) in [7, 11) is 0. The Morgan fingerprint density at radius 1 is 1.48 bits per heavy atom. The Kier molecular flexibility index (Phi) is 4.49. The van der Waals surface area contributed by atoms with E-state index >= 15 is 0 Å². The molecule has 1 aliphatic heterocycles. The number of carbonyl (C=O) groups is 1. The van der Waals surface area contributed by atoms with Gasteiger partial charge in [0.2, 0.25) is 6.41 Å². The van der Waals surface area contributed by atoms with E-state index in [0.717, 1.165) is 28.7 Å². The van der Waals surface area contributed by atoms with Crippen LogP contribution in [0, 0.1) is 17.3 Å². The first-order chi connectivity index (χ1) is 9.71. The van der Waals surface area contributed by atoms with Crippen LogP contribution in [0.2, 0.25) is 0 Å². The van der Waals surface area contributed by atoms with E-state index in [2.05, 4.69) is 69.5 Å². The van der Waals surface area contributed by atoms with E-state index in [9.17, 15) is 4.79 Å². The van der Waals surface area contributed by atoms with Crippen molar-refractivity contribution in [3.05, 3.63) is 22.6 Å². The van der Waals surface area contributed by atoms with E-state index < -0.39 is 0 Å². The summed E-state index contributed by atoms with van der Waals surface area (Å²) < 4.78 is 7.43. The second-order valence-electron chi connectivity index (χ2n) is 7.13. The van der Waals surface area contributed by atoms with Crippen LogP contribution >= 0.6 is 22.6 Å². The lowest BCUT2D eigenvalue weighted by atomic mass is 9.62. The highest BCUT2D eigenvalue weighted by atomic mass is 127. The van der Waals surface area contributed by atoms with E-state index in [4.69, 9.17) is 4.74 Å². The molecule has 3 unspecified atom stereocenters. The highest BCUT2D eigenvalue weighted by molar-refractivity contribution is 14.1. The minimum absolute atomic E-state index is 0.0796. The molecule has 1 heterocycles. The Labute approximate surface area is 141 Å². The summed E-state index contributed by atoms with van der Waals surface area (Å²) in [4.78, 5) is 11.0. The number of allylic oxidation sites excluding steroid dienone is 3. The first-order valence-electron chi connectivity index (χ1n) is 7.61. The average molecular weight is 403 g/mol.